The fourth-order valence-electron chi connectivity index (χ4n) is 2.25. The zero-order chi connectivity index (χ0) is 12.4. The second kappa shape index (κ2) is 5.04. The predicted octanol–water partition coefficient (Wildman–Crippen LogP) is 0.450. The maximum Gasteiger partial charge on any atom is 0.306 e. The molecule has 1 heterocycles. The van der Waals surface area contributed by atoms with Crippen LogP contribution in [0.2, 0.25) is 0 Å². The minimum absolute atomic E-state index is 0.0845. The molecule has 2 fully saturated rings. The van der Waals surface area contributed by atoms with Gasteiger partial charge in [0, 0.05) is 6.04 Å². The number of hydrogen-bond donors (Lipinski definition) is 2. The summed E-state index contributed by atoms with van der Waals surface area (Å²) in [5, 5.41) is 11.9. The molecule has 5 nitrogen and oxygen atoms in total. The first kappa shape index (κ1) is 12.4. The fourth-order valence-corrected chi connectivity index (χ4v) is 2.25. The number of carbonyl (C=O) groups is 2. The summed E-state index contributed by atoms with van der Waals surface area (Å²) in [4.78, 5) is 24.7. The van der Waals surface area contributed by atoms with Gasteiger partial charge in [0.05, 0.1) is 12.0 Å². The molecule has 0 aromatic heterocycles. The number of aliphatic carboxylic acids is 1. The Labute approximate surface area is 101 Å². The van der Waals surface area contributed by atoms with Crippen molar-refractivity contribution >= 4 is 11.9 Å². The van der Waals surface area contributed by atoms with Crippen molar-refractivity contribution in [2.75, 3.05) is 13.1 Å². The van der Waals surface area contributed by atoms with E-state index in [0.717, 1.165) is 12.8 Å². The molecular formula is C12H20N2O3. The first-order valence-corrected chi connectivity index (χ1v) is 6.35. The Morgan fingerprint density at radius 3 is 2.29 bits per heavy atom. The molecule has 1 aliphatic heterocycles. The lowest BCUT2D eigenvalue weighted by atomic mass is 9.96. The number of hydrogen-bond acceptors (Lipinski definition) is 3. The molecule has 1 unspecified atom stereocenters. The number of amides is 1. The van der Waals surface area contributed by atoms with Crippen LogP contribution in [0.5, 0.6) is 0 Å². The van der Waals surface area contributed by atoms with Crippen molar-refractivity contribution < 1.29 is 14.7 Å². The molecule has 0 bridgehead atoms. The molecule has 2 N–H and O–H groups in total. The fraction of sp³-hybridized carbons (Fsp3) is 0.833. The molecule has 0 spiro atoms. The van der Waals surface area contributed by atoms with Gasteiger partial charge in [-0.3, -0.25) is 14.5 Å². The average Bonchev–Trinajstić information content (AvgIpc) is 3.12. The zero-order valence-electron chi connectivity index (χ0n) is 10.2. The molecule has 17 heavy (non-hydrogen) atoms. The van der Waals surface area contributed by atoms with Gasteiger partial charge in [-0.05, 0) is 45.7 Å². The lowest BCUT2D eigenvalue weighted by molar-refractivity contribution is -0.143. The smallest absolute Gasteiger partial charge is 0.306 e. The molecule has 2 aliphatic rings. The van der Waals surface area contributed by atoms with Crippen LogP contribution in [0.4, 0.5) is 0 Å². The molecule has 1 atom stereocenters. The molecule has 96 valence electrons. The van der Waals surface area contributed by atoms with Gasteiger partial charge < -0.3 is 10.4 Å². The van der Waals surface area contributed by atoms with Crippen LogP contribution in [-0.4, -0.2) is 47.1 Å². The standard InChI is InChI=1S/C12H20N2O3/c1-8(11(15)13-10-2-3-10)14-6-4-9(5-7-14)12(16)17/h8-10H,2-7H2,1H3,(H,13,15)(H,16,17). The Morgan fingerprint density at radius 2 is 1.82 bits per heavy atom. The van der Waals surface area contributed by atoms with Gasteiger partial charge in [-0.2, -0.15) is 0 Å². The highest BCUT2D eigenvalue weighted by atomic mass is 16.4. The summed E-state index contributed by atoms with van der Waals surface area (Å²) in [7, 11) is 0. The summed E-state index contributed by atoms with van der Waals surface area (Å²) < 4.78 is 0. The maximum absolute atomic E-state index is 11.8. The van der Waals surface area contributed by atoms with Crippen LogP contribution in [-0.2, 0) is 9.59 Å². The van der Waals surface area contributed by atoms with Crippen molar-refractivity contribution in [2.45, 2.75) is 44.7 Å². The third-order valence-electron chi connectivity index (χ3n) is 3.73. The number of nitrogens with zero attached hydrogens (tertiary/aromatic N) is 1. The Kier molecular flexibility index (Phi) is 3.66. The topological polar surface area (TPSA) is 69.6 Å². The quantitative estimate of drug-likeness (QED) is 0.748. The first-order chi connectivity index (χ1) is 8.08. The summed E-state index contributed by atoms with van der Waals surface area (Å²) in [6.45, 7) is 3.31. The van der Waals surface area contributed by atoms with Gasteiger partial charge in [-0.15, -0.1) is 0 Å². The molecule has 5 heteroatoms. The van der Waals surface area contributed by atoms with E-state index in [9.17, 15) is 9.59 Å². The minimum atomic E-state index is -0.709. The summed E-state index contributed by atoms with van der Waals surface area (Å²) in [5.41, 5.74) is 0. The van der Waals surface area contributed by atoms with E-state index in [4.69, 9.17) is 5.11 Å². The summed E-state index contributed by atoms with van der Waals surface area (Å²) in [6, 6.07) is 0.256. The number of carboxylic acid groups (broad SMARTS) is 1. The van der Waals surface area contributed by atoms with E-state index < -0.39 is 5.97 Å². The monoisotopic (exact) mass is 240 g/mol. The van der Waals surface area contributed by atoms with Gasteiger partial charge in [-0.1, -0.05) is 0 Å². The molecule has 0 aromatic carbocycles. The van der Waals surface area contributed by atoms with Crippen molar-refractivity contribution in [3.63, 3.8) is 0 Å². The van der Waals surface area contributed by atoms with E-state index in [0.29, 0.717) is 32.0 Å². The molecule has 0 aromatic rings. The number of nitrogens with one attached hydrogen (secondary N) is 1. The van der Waals surface area contributed by atoms with E-state index in [-0.39, 0.29) is 17.9 Å². The van der Waals surface area contributed by atoms with Crippen LogP contribution in [0.25, 0.3) is 0 Å². The highest BCUT2D eigenvalue weighted by molar-refractivity contribution is 5.82. The van der Waals surface area contributed by atoms with Crippen LogP contribution in [0.15, 0.2) is 0 Å². The van der Waals surface area contributed by atoms with Gasteiger partial charge in [-0.25, -0.2) is 0 Å². The molecule has 1 amide bonds. The molecule has 1 saturated heterocycles. The van der Waals surface area contributed by atoms with Gasteiger partial charge in [0.15, 0.2) is 0 Å². The first-order valence-electron chi connectivity index (χ1n) is 6.35. The third kappa shape index (κ3) is 3.19. The summed E-state index contributed by atoms with van der Waals surface area (Å²) in [5.74, 6) is -0.856. The molecule has 2 rings (SSSR count). The summed E-state index contributed by atoms with van der Waals surface area (Å²) in [6.07, 6.45) is 3.49. The minimum Gasteiger partial charge on any atom is -0.481 e. The van der Waals surface area contributed by atoms with Crippen molar-refractivity contribution in [3.8, 4) is 0 Å². The number of likely N-dealkylation sites (tertiary alicyclic amines) is 1. The van der Waals surface area contributed by atoms with E-state index in [1.54, 1.807) is 0 Å². The normalized spacial score (nSPS) is 24.3. The number of piperidine rings is 1. The highest BCUT2D eigenvalue weighted by Crippen LogP contribution is 2.21. The summed E-state index contributed by atoms with van der Waals surface area (Å²) >= 11 is 0. The molecule has 0 radical (unpaired) electrons. The second-order valence-electron chi connectivity index (χ2n) is 5.11. The van der Waals surface area contributed by atoms with Gasteiger partial charge >= 0.3 is 5.97 Å². The van der Waals surface area contributed by atoms with Gasteiger partial charge in [0.1, 0.15) is 0 Å². The number of carbonyl (C=O) groups excluding carboxylic acids is 1. The number of rotatable bonds is 4. The van der Waals surface area contributed by atoms with Gasteiger partial charge in [0.25, 0.3) is 0 Å². The van der Waals surface area contributed by atoms with Crippen LogP contribution in [0.3, 0.4) is 0 Å². The lowest BCUT2D eigenvalue weighted by Gasteiger charge is -2.33. The van der Waals surface area contributed by atoms with E-state index in [1.807, 2.05) is 6.92 Å². The molecule has 1 aliphatic carbocycles. The van der Waals surface area contributed by atoms with E-state index in [2.05, 4.69) is 10.2 Å². The molecule has 1 saturated carbocycles. The van der Waals surface area contributed by atoms with Crippen LogP contribution in [0, 0.1) is 5.92 Å². The van der Waals surface area contributed by atoms with E-state index in [1.165, 1.54) is 0 Å². The lowest BCUT2D eigenvalue weighted by Crippen LogP contribution is -2.49. The Bertz CT molecular complexity index is 307. The van der Waals surface area contributed by atoms with Crippen molar-refractivity contribution in [1.29, 1.82) is 0 Å². The molecular weight excluding hydrogens is 220 g/mol. The third-order valence-corrected chi connectivity index (χ3v) is 3.73. The number of carboxylic acids is 1. The largest absolute Gasteiger partial charge is 0.481 e. The van der Waals surface area contributed by atoms with Gasteiger partial charge in [0.2, 0.25) is 5.91 Å². The van der Waals surface area contributed by atoms with Crippen LogP contribution < -0.4 is 5.32 Å². The Morgan fingerprint density at radius 1 is 1.24 bits per heavy atom. The average molecular weight is 240 g/mol. The van der Waals surface area contributed by atoms with Crippen LogP contribution in [0.1, 0.15) is 32.6 Å². The van der Waals surface area contributed by atoms with Crippen molar-refractivity contribution in [3.05, 3.63) is 0 Å². The van der Waals surface area contributed by atoms with Crippen molar-refractivity contribution in [1.82, 2.24) is 10.2 Å². The van der Waals surface area contributed by atoms with E-state index >= 15 is 0 Å². The van der Waals surface area contributed by atoms with Crippen molar-refractivity contribution in [2.24, 2.45) is 5.92 Å². The Hall–Kier alpha value is -1.10. The second-order valence-corrected chi connectivity index (χ2v) is 5.11. The Balaban J connectivity index is 1.78. The maximum atomic E-state index is 11.8. The highest BCUT2D eigenvalue weighted by Gasteiger charge is 2.31. The predicted molar refractivity (Wildman–Crippen MR) is 62.6 cm³/mol. The van der Waals surface area contributed by atoms with Crippen LogP contribution >= 0.6 is 0 Å². The SMILES string of the molecule is CC(C(=O)NC1CC1)N1CCC(C(=O)O)CC1. The zero-order valence-corrected chi connectivity index (χ0v) is 10.2.